The highest BCUT2D eigenvalue weighted by atomic mass is 35.5. The van der Waals surface area contributed by atoms with Crippen LogP contribution in [0.15, 0.2) is 10.1 Å². The van der Waals surface area contributed by atoms with Gasteiger partial charge in [0, 0.05) is 0 Å². The van der Waals surface area contributed by atoms with E-state index in [1.165, 1.54) is 0 Å². The fourth-order valence-electron chi connectivity index (χ4n) is 2.72. The van der Waals surface area contributed by atoms with Crippen molar-refractivity contribution in [2.45, 2.75) is 14.1 Å². The van der Waals surface area contributed by atoms with Crippen molar-refractivity contribution in [2.24, 2.45) is 11.8 Å². The Balaban J connectivity index is 2.80. The maximum absolute atomic E-state index is 11.9. The summed E-state index contributed by atoms with van der Waals surface area (Å²) in [5.74, 6) is -5.44. The van der Waals surface area contributed by atoms with Gasteiger partial charge in [-0.2, -0.15) is 0 Å². The van der Waals surface area contributed by atoms with Crippen LogP contribution in [0.4, 0.5) is 0 Å². The van der Waals surface area contributed by atoms with Gasteiger partial charge in [-0.15, -0.1) is 23.2 Å². The molecule has 4 nitrogen and oxygen atoms in total. The molecule has 1 N–H and O–H groups in total. The van der Waals surface area contributed by atoms with Gasteiger partial charge in [0.2, 0.25) is 0 Å². The molecule has 0 unspecified atom stereocenters. The van der Waals surface area contributed by atoms with E-state index in [9.17, 15) is 14.7 Å². The fourth-order valence-corrected chi connectivity index (χ4v) is 5.65. The smallest absolute Gasteiger partial charge is 0.311 e. The van der Waals surface area contributed by atoms with E-state index in [0.29, 0.717) is 0 Å². The Hall–Kier alpha value is 0.420. The second-order valence-corrected chi connectivity index (χ2v) is 7.72. The van der Waals surface area contributed by atoms with Crippen molar-refractivity contribution in [3.05, 3.63) is 10.1 Å². The van der Waals surface area contributed by atoms with Crippen LogP contribution >= 0.6 is 69.6 Å². The molecule has 1 saturated carbocycles. The molecule has 2 aliphatic carbocycles. The number of methoxy groups -OCH3 is 1. The second-order valence-electron chi connectivity index (χ2n) is 4.44. The maximum atomic E-state index is 11.9. The molecule has 2 bridgehead atoms. The van der Waals surface area contributed by atoms with Crippen molar-refractivity contribution in [3.63, 3.8) is 0 Å². The molecule has 0 aromatic rings. The topological polar surface area (TPSA) is 63.6 Å². The number of halogens is 6. The lowest BCUT2D eigenvalue weighted by atomic mass is 9.82. The summed E-state index contributed by atoms with van der Waals surface area (Å²) in [6.07, 6.45) is 0. The van der Waals surface area contributed by atoms with Crippen molar-refractivity contribution in [1.29, 1.82) is 0 Å². The first kappa shape index (κ1) is 16.8. The number of ether oxygens (including phenoxy) is 1. The van der Waals surface area contributed by atoms with Gasteiger partial charge in [-0.1, -0.05) is 46.4 Å². The Morgan fingerprint density at radius 1 is 1.05 bits per heavy atom. The number of hydrogen-bond donors (Lipinski definition) is 1. The molecular weight excluding hydrogens is 397 g/mol. The summed E-state index contributed by atoms with van der Waals surface area (Å²) in [5.41, 5.74) is 0. The number of fused-ring (bicyclic) bond motifs is 2. The number of rotatable bonds is 2. The first-order valence-electron chi connectivity index (χ1n) is 5.12. The van der Waals surface area contributed by atoms with Crippen LogP contribution < -0.4 is 0 Å². The summed E-state index contributed by atoms with van der Waals surface area (Å²) in [7, 11) is 1.07. The van der Waals surface area contributed by atoms with E-state index in [0.717, 1.165) is 7.11 Å². The molecule has 0 aliphatic heterocycles. The minimum absolute atomic E-state index is 0.256. The van der Waals surface area contributed by atoms with Gasteiger partial charge in [-0.05, 0) is 0 Å². The largest absolute Gasteiger partial charge is 0.481 e. The van der Waals surface area contributed by atoms with E-state index in [2.05, 4.69) is 4.74 Å². The molecule has 2 rings (SSSR count). The Morgan fingerprint density at radius 2 is 1.45 bits per heavy atom. The van der Waals surface area contributed by atoms with Crippen molar-refractivity contribution >= 4 is 81.5 Å². The summed E-state index contributed by atoms with van der Waals surface area (Å²) in [4.78, 5) is 19.4. The first-order valence-corrected chi connectivity index (χ1v) is 7.38. The average molecular weight is 403 g/mol. The van der Waals surface area contributed by atoms with E-state index >= 15 is 0 Å². The van der Waals surface area contributed by atoms with Crippen molar-refractivity contribution in [2.75, 3.05) is 7.11 Å². The monoisotopic (exact) mass is 400 g/mol. The van der Waals surface area contributed by atoms with Gasteiger partial charge in [0.15, 0.2) is 4.33 Å². The van der Waals surface area contributed by atoms with Crippen LogP contribution in [-0.2, 0) is 14.3 Å². The van der Waals surface area contributed by atoms with Gasteiger partial charge in [-0.3, -0.25) is 9.59 Å². The number of carboxylic acids is 1. The lowest BCUT2D eigenvalue weighted by molar-refractivity contribution is -0.155. The molecular formula is C10H6Cl6O4. The molecule has 0 aromatic heterocycles. The Labute approximate surface area is 143 Å². The van der Waals surface area contributed by atoms with E-state index in [1.807, 2.05) is 0 Å². The standard InChI is InChI=1S/C10H6Cl6O4/c1-20-7(19)3-2(6(17)18)8(13)4(11)5(12)9(3,14)10(8,15)16/h2-3H,1H3,(H,17,18)/t2-,3-,8-,9-/m0/s1. The van der Waals surface area contributed by atoms with Crippen molar-refractivity contribution in [1.82, 2.24) is 0 Å². The third-order valence-electron chi connectivity index (χ3n) is 3.66. The molecule has 0 heterocycles. The number of carbonyl (C=O) groups is 2. The zero-order valence-corrected chi connectivity index (χ0v) is 14.1. The summed E-state index contributed by atoms with van der Waals surface area (Å²) in [6, 6.07) is 0. The number of hydrogen-bond acceptors (Lipinski definition) is 3. The molecule has 0 spiro atoms. The second kappa shape index (κ2) is 4.71. The predicted molar refractivity (Wildman–Crippen MR) is 77.0 cm³/mol. The summed E-state index contributed by atoms with van der Waals surface area (Å²) in [6.45, 7) is 0. The number of allylic oxidation sites excluding steroid dienone is 2. The Kier molecular flexibility index (Phi) is 3.95. The number of aliphatic carboxylic acids is 1. The SMILES string of the molecule is COC(=O)[C@@H]1[C@@H](C(=O)O)[C@]2(Cl)C(Cl)=C(Cl)[C@]1(Cl)C2(Cl)Cl. The van der Waals surface area contributed by atoms with Gasteiger partial charge in [-0.25, -0.2) is 0 Å². The zero-order valence-electron chi connectivity index (χ0n) is 9.59. The molecule has 20 heavy (non-hydrogen) atoms. The van der Waals surface area contributed by atoms with E-state index < -0.39 is 37.9 Å². The minimum atomic E-state index is -2.10. The third kappa shape index (κ3) is 1.53. The summed E-state index contributed by atoms with van der Waals surface area (Å²) >= 11 is 36.9. The average Bonchev–Trinajstić information content (AvgIpc) is 2.57. The zero-order chi connectivity index (χ0) is 15.7. The quantitative estimate of drug-likeness (QED) is 0.568. The molecule has 0 radical (unpaired) electrons. The molecule has 0 saturated heterocycles. The van der Waals surface area contributed by atoms with Crippen LogP contribution in [0.3, 0.4) is 0 Å². The number of carbonyl (C=O) groups excluding carboxylic acids is 1. The van der Waals surface area contributed by atoms with Crippen LogP contribution in [0.5, 0.6) is 0 Å². The van der Waals surface area contributed by atoms with Crippen LogP contribution in [0, 0.1) is 11.8 Å². The highest BCUT2D eigenvalue weighted by Crippen LogP contribution is 2.76. The summed E-state index contributed by atoms with van der Waals surface area (Å²) < 4.78 is 2.47. The van der Waals surface area contributed by atoms with E-state index in [-0.39, 0.29) is 10.1 Å². The molecule has 4 atom stereocenters. The number of esters is 1. The molecule has 1 fully saturated rings. The van der Waals surface area contributed by atoms with Gasteiger partial charge in [0.25, 0.3) is 0 Å². The molecule has 0 amide bonds. The van der Waals surface area contributed by atoms with Crippen molar-refractivity contribution in [3.8, 4) is 0 Å². The van der Waals surface area contributed by atoms with E-state index in [1.54, 1.807) is 0 Å². The molecule has 0 aromatic carbocycles. The van der Waals surface area contributed by atoms with Crippen molar-refractivity contribution < 1.29 is 19.4 Å². The van der Waals surface area contributed by atoms with Crippen LogP contribution in [-0.4, -0.2) is 38.2 Å². The van der Waals surface area contributed by atoms with Crippen LogP contribution in [0.2, 0.25) is 0 Å². The van der Waals surface area contributed by atoms with Gasteiger partial charge in [0.1, 0.15) is 9.75 Å². The minimum Gasteiger partial charge on any atom is -0.481 e. The van der Waals surface area contributed by atoms with Crippen LogP contribution in [0.25, 0.3) is 0 Å². The highest BCUT2D eigenvalue weighted by molar-refractivity contribution is 6.66. The lowest BCUT2D eigenvalue weighted by Gasteiger charge is -2.32. The molecule has 112 valence electrons. The van der Waals surface area contributed by atoms with Gasteiger partial charge < -0.3 is 9.84 Å². The summed E-state index contributed by atoms with van der Waals surface area (Å²) in [5, 5.41) is 8.83. The molecule has 10 heteroatoms. The first-order chi connectivity index (χ1) is 8.99. The predicted octanol–water partition coefficient (Wildman–Crippen LogP) is 3.32. The lowest BCUT2D eigenvalue weighted by Crippen LogP contribution is -2.45. The van der Waals surface area contributed by atoms with Gasteiger partial charge >= 0.3 is 11.9 Å². The molecule has 2 aliphatic rings. The highest BCUT2D eigenvalue weighted by Gasteiger charge is 2.85. The number of alkyl halides is 4. The van der Waals surface area contributed by atoms with E-state index in [4.69, 9.17) is 69.6 Å². The normalized spacial score (nSPS) is 42.0. The van der Waals surface area contributed by atoms with Gasteiger partial charge in [0.05, 0.1) is 29.0 Å². The Morgan fingerprint density at radius 3 is 1.80 bits per heavy atom. The Bertz CT molecular complexity index is 546. The third-order valence-corrected chi connectivity index (χ3v) is 7.92. The fraction of sp³-hybridized carbons (Fsp3) is 0.600. The number of carboxylic acid groups (broad SMARTS) is 1. The maximum Gasteiger partial charge on any atom is 0.311 e. The van der Waals surface area contributed by atoms with Crippen LogP contribution in [0.1, 0.15) is 0 Å².